The molecular formula is C12H15NO3S. The van der Waals surface area contributed by atoms with Crippen molar-refractivity contribution >= 4 is 20.7 Å². The summed E-state index contributed by atoms with van der Waals surface area (Å²) in [7, 11) is -3.07. The van der Waals surface area contributed by atoms with Gasteiger partial charge in [-0.15, -0.1) is 0 Å². The highest BCUT2D eigenvalue weighted by atomic mass is 32.2. The number of sulfone groups is 1. The number of para-hydroxylation sites is 1. The number of fused-ring (bicyclic) bond motifs is 1. The molecular weight excluding hydrogens is 238 g/mol. The van der Waals surface area contributed by atoms with Crippen molar-refractivity contribution in [3.8, 4) is 5.75 Å². The zero-order chi connectivity index (χ0) is 12.6. The van der Waals surface area contributed by atoms with Crippen LogP contribution in [0.5, 0.6) is 5.75 Å². The van der Waals surface area contributed by atoms with Crippen molar-refractivity contribution in [1.82, 2.24) is 4.57 Å². The second kappa shape index (κ2) is 4.07. The van der Waals surface area contributed by atoms with Crippen LogP contribution in [-0.4, -0.2) is 24.3 Å². The highest BCUT2D eigenvalue weighted by molar-refractivity contribution is 7.89. The van der Waals surface area contributed by atoms with E-state index >= 15 is 0 Å². The molecule has 4 nitrogen and oxygen atoms in total. The Morgan fingerprint density at radius 3 is 2.65 bits per heavy atom. The van der Waals surface area contributed by atoms with E-state index in [9.17, 15) is 13.5 Å². The van der Waals surface area contributed by atoms with Crippen molar-refractivity contribution in [2.75, 3.05) is 6.26 Å². The van der Waals surface area contributed by atoms with Crippen LogP contribution in [0, 0.1) is 0 Å². The van der Waals surface area contributed by atoms with E-state index in [0.717, 1.165) is 5.39 Å². The van der Waals surface area contributed by atoms with E-state index in [1.807, 2.05) is 23.6 Å². The van der Waals surface area contributed by atoms with Gasteiger partial charge in [0.2, 0.25) is 0 Å². The minimum atomic E-state index is -3.07. The molecule has 1 aromatic heterocycles. The lowest BCUT2D eigenvalue weighted by molar-refractivity contribution is 0.477. The monoisotopic (exact) mass is 253 g/mol. The SMILES string of the molecule is CCn1c(CS(C)(=O)=O)cc2cccc(O)c21. The summed E-state index contributed by atoms with van der Waals surface area (Å²) >= 11 is 0. The molecule has 0 unspecified atom stereocenters. The fourth-order valence-corrected chi connectivity index (χ4v) is 2.89. The van der Waals surface area contributed by atoms with Gasteiger partial charge in [0, 0.05) is 23.9 Å². The molecule has 0 fully saturated rings. The Balaban J connectivity index is 2.69. The number of aromatic hydroxyl groups is 1. The fraction of sp³-hybridized carbons (Fsp3) is 0.333. The second-order valence-corrected chi connectivity index (χ2v) is 6.31. The van der Waals surface area contributed by atoms with Crippen LogP contribution in [0.15, 0.2) is 24.3 Å². The predicted octanol–water partition coefficient (Wildman–Crippen LogP) is 1.91. The molecule has 0 aliphatic heterocycles. The van der Waals surface area contributed by atoms with Crippen LogP contribution in [0.25, 0.3) is 10.9 Å². The van der Waals surface area contributed by atoms with E-state index in [0.29, 0.717) is 17.8 Å². The molecule has 0 atom stereocenters. The lowest BCUT2D eigenvalue weighted by Crippen LogP contribution is -2.07. The van der Waals surface area contributed by atoms with Crippen LogP contribution in [0.3, 0.4) is 0 Å². The summed E-state index contributed by atoms with van der Waals surface area (Å²) in [5, 5.41) is 10.7. The summed E-state index contributed by atoms with van der Waals surface area (Å²) in [5.41, 5.74) is 1.42. The smallest absolute Gasteiger partial charge is 0.153 e. The quantitative estimate of drug-likeness (QED) is 0.909. The number of aromatic nitrogens is 1. The molecule has 0 saturated heterocycles. The van der Waals surface area contributed by atoms with Gasteiger partial charge in [-0.1, -0.05) is 12.1 Å². The van der Waals surface area contributed by atoms with Crippen molar-refractivity contribution < 1.29 is 13.5 Å². The number of phenols is 1. The lowest BCUT2D eigenvalue weighted by Gasteiger charge is -2.07. The van der Waals surface area contributed by atoms with E-state index in [4.69, 9.17) is 0 Å². The van der Waals surface area contributed by atoms with Crippen molar-refractivity contribution in [1.29, 1.82) is 0 Å². The normalized spacial score (nSPS) is 12.1. The molecule has 5 heteroatoms. The number of nitrogens with zero attached hydrogens (tertiary/aromatic N) is 1. The summed E-state index contributed by atoms with van der Waals surface area (Å²) in [5.74, 6) is 0.179. The van der Waals surface area contributed by atoms with E-state index in [2.05, 4.69) is 0 Å². The Bertz CT molecular complexity index is 656. The molecule has 0 saturated carbocycles. The molecule has 0 aliphatic carbocycles. The Hall–Kier alpha value is -1.49. The molecule has 2 aromatic rings. The number of benzene rings is 1. The number of hydrogen-bond donors (Lipinski definition) is 1. The third-order valence-electron chi connectivity index (χ3n) is 2.71. The minimum Gasteiger partial charge on any atom is -0.506 e. The van der Waals surface area contributed by atoms with Crippen LogP contribution in [0.2, 0.25) is 0 Å². The minimum absolute atomic E-state index is 0.00500. The highest BCUT2D eigenvalue weighted by Crippen LogP contribution is 2.28. The van der Waals surface area contributed by atoms with E-state index in [-0.39, 0.29) is 11.5 Å². The van der Waals surface area contributed by atoms with Crippen LogP contribution in [0.1, 0.15) is 12.6 Å². The maximum Gasteiger partial charge on any atom is 0.153 e. The van der Waals surface area contributed by atoms with E-state index < -0.39 is 9.84 Å². The first-order valence-corrected chi connectivity index (χ1v) is 7.46. The zero-order valence-electron chi connectivity index (χ0n) is 9.84. The van der Waals surface area contributed by atoms with E-state index in [1.165, 1.54) is 6.26 Å². The maximum atomic E-state index is 11.4. The van der Waals surface area contributed by atoms with Gasteiger partial charge in [-0.2, -0.15) is 0 Å². The Kier molecular flexibility index (Phi) is 2.87. The third kappa shape index (κ3) is 2.29. The van der Waals surface area contributed by atoms with Gasteiger partial charge >= 0.3 is 0 Å². The maximum absolute atomic E-state index is 11.4. The van der Waals surface area contributed by atoms with Gasteiger partial charge < -0.3 is 9.67 Å². The molecule has 1 N–H and O–H groups in total. The number of hydrogen-bond acceptors (Lipinski definition) is 3. The molecule has 1 heterocycles. The molecule has 0 bridgehead atoms. The topological polar surface area (TPSA) is 59.3 Å². The standard InChI is InChI=1S/C12H15NO3S/c1-3-13-10(8-17(2,15)16)7-9-5-4-6-11(14)12(9)13/h4-7,14H,3,8H2,1-2H3. The highest BCUT2D eigenvalue weighted by Gasteiger charge is 2.14. The summed E-state index contributed by atoms with van der Waals surface area (Å²) in [6.45, 7) is 2.56. The number of rotatable bonds is 3. The van der Waals surface area contributed by atoms with Gasteiger partial charge in [-0.05, 0) is 19.1 Å². The molecule has 0 amide bonds. The van der Waals surface area contributed by atoms with Gasteiger partial charge in [0.25, 0.3) is 0 Å². The summed E-state index contributed by atoms with van der Waals surface area (Å²) < 4.78 is 24.5. The van der Waals surface area contributed by atoms with Gasteiger partial charge in [0.15, 0.2) is 9.84 Å². The van der Waals surface area contributed by atoms with Crippen molar-refractivity contribution in [2.24, 2.45) is 0 Å². The fourth-order valence-electron chi connectivity index (χ4n) is 2.11. The van der Waals surface area contributed by atoms with Gasteiger partial charge in [0.05, 0.1) is 11.3 Å². The average molecular weight is 253 g/mol. The molecule has 0 aliphatic rings. The first-order chi connectivity index (χ1) is 7.92. The van der Waals surface area contributed by atoms with Gasteiger partial charge in [-0.3, -0.25) is 0 Å². The first kappa shape index (κ1) is 12.0. The molecule has 17 heavy (non-hydrogen) atoms. The predicted molar refractivity (Wildman–Crippen MR) is 67.8 cm³/mol. The Morgan fingerprint density at radius 1 is 1.35 bits per heavy atom. The van der Waals surface area contributed by atoms with Crippen LogP contribution >= 0.6 is 0 Å². The van der Waals surface area contributed by atoms with Crippen LogP contribution < -0.4 is 0 Å². The summed E-state index contributed by atoms with van der Waals surface area (Å²) in [6, 6.07) is 7.05. The van der Waals surface area contributed by atoms with Crippen molar-refractivity contribution in [3.63, 3.8) is 0 Å². The average Bonchev–Trinajstić information content (AvgIpc) is 2.53. The largest absolute Gasteiger partial charge is 0.506 e. The lowest BCUT2D eigenvalue weighted by atomic mass is 10.2. The van der Waals surface area contributed by atoms with Crippen molar-refractivity contribution in [2.45, 2.75) is 19.2 Å². The molecule has 92 valence electrons. The van der Waals surface area contributed by atoms with Gasteiger partial charge in [0.1, 0.15) is 5.75 Å². The molecule has 2 rings (SSSR count). The summed E-state index contributed by atoms with van der Waals surface area (Å²) in [6.07, 6.45) is 1.21. The molecule has 1 aromatic carbocycles. The Morgan fingerprint density at radius 2 is 2.06 bits per heavy atom. The second-order valence-electron chi connectivity index (χ2n) is 4.16. The number of phenolic OH excluding ortho intramolecular Hbond substituents is 1. The summed E-state index contributed by atoms with van der Waals surface area (Å²) in [4.78, 5) is 0. The van der Waals surface area contributed by atoms with Gasteiger partial charge in [-0.25, -0.2) is 8.42 Å². The van der Waals surface area contributed by atoms with Crippen LogP contribution in [-0.2, 0) is 22.1 Å². The molecule has 0 radical (unpaired) electrons. The third-order valence-corrected chi connectivity index (χ3v) is 3.53. The van der Waals surface area contributed by atoms with E-state index in [1.54, 1.807) is 12.1 Å². The van der Waals surface area contributed by atoms with Crippen molar-refractivity contribution in [3.05, 3.63) is 30.0 Å². The molecule has 0 spiro atoms. The first-order valence-electron chi connectivity index (χ1n) is 5.40. The van der Waals surface area contributed by atoms with Crippen LogP contribution in [0.4, 0.5) is 0 Å². The Labute approximate surface area is 100 Å². The zero-order valence-corrected chi connectivity index (χ0v) is 10.7. The number of aryl methyl sites for hydroxylation is 1.